The molecule has 0 radical (unpaired) electrons. The van der Waals surface area contributed by atoms with E-state index in [0.717, 1.165) is 36.1 Å². The number of fused-ring (bicyclic) bond motifs is 1. The van der Waals surface area contributed by atoms with Crippen molar-refractivity contribution in [2.24, 2.45) is 0 Å². The number of nitriles is 1. The molecular formula is C20H16Cl2N2O3S. The van der Waals surface area contributed by atoms with Crippen molar-refractivity contribution < 1.29 is 14.3 Å². The Balaban J connectivity index is 1.93. The molecule has 144 valence electrons. The minimum atomic E-state index is -0.614. The number of esters is 1. The van der Waals surface area contributed by atoms with Crippen LogP contribution in [0.25, 0.3) is 6.08 Å². The molecule has 1 aromatic carbocycles. The van der Waals surface area contributed by atoms with Crippen LogP contribution in [-0.2, 0) is 22.4 Å². The molecule has 5 nitrogen and oxygen atoms in total. The van der Waals surface area contributed by atoms with Gasteiger partial charge in [-0.05, 0) is 55.0 Å². The maximum absolute atomic E-state index is 12.7. The molecule has 0 unspecified atom stereocenters. The number of amides is 1. The molecule has 1 aromatic heterocycles. The van der Waals surface area contributed by atoms with Gasteiger partial charge in [-0.25, -0.2) is 4.79 Å². The predicted octanol–water partition coefficient (Wildman–Crippen LogP) is 5.27. The van der Waals surface area contributed by atoms with Crippen LogP contribution in [-0.4, -0.2) is 19.0 Å². The third-order valence-electron chi connectivity index (χ3n) is 4.42. The normalized spacial score (nSPS) is 13.4. The number of halogens is 2. The topological polar surface area (TPSA) is 79.2 Å². The van der Waals surface area contributed by atoms with Crippen molar-refractivity contribution >= 4 is 57.5 Å². The highest BCUT2D eigenvalue weighted by Crippen LogP contribution is 2.38. The number of thiophene rings is 1. The maximum Gasteiger partial charge on any atom is 0.341 e. The van der Waals surface area contributed by atoms with Gasteiger partial charge in [0, 0.05) is 14.9 Å². The molecule has 0 atom stereocenters. The molecule has 8 heteroatoms. The summed E-state index contributed by atoms with van der Waals surface area (Å²) in [6.45, 7) is 0. The van der Waals surface area contributed by atoms with Gasteiger partial charge in [-0.2, -0.15) is 5.26 Å². The number of rotatable bonds is 4. The zero-order valence-electron chi connectivity index (χ0n) is 15.0. The number of carbonyl (C=O) groups is 2. The molecule has 28 heavy (non-hydrogen) atoms. The smallest absolute Gasteiger partial charge is 0.341 e. The van der Waals surface area contributed by atoms with E-state index >= 15 is 0 Å². The third kappa shape index (κ3) is 4.22. The quantitative estimate of drug-likeness (QED) is 0.403. The fraction of sp³-hybridized carbons (Fsp3) is 0.250. The average molecular weight is 435 g/mol. The molecule has 0 spiro atoms. The first-order valence-corrected chi connectivity index (χ1v) is 10.1. The number of benzene rings is 1. The number of nitrogens with zero attached hydrogens (tertiary/aromatic N) is 1. The standard InChI is InChI=1S/C20H16Cl2N2O3S/c1-27-20(26)17-14-4-2-3-5-16(14)28-19(17)24-18(25)12(10-23)8-11-6-7-13(21)9-15(11)22/h6-9H,2-5H2,1H3,(H,24,25). The number of hydrogen-bond acceptors (Lipinski definition) is 5. The summed E-state index contributed by atoms with van der Waals surface area (Å²) in [6.07, 6.45) is 5.05. The lowest BCUT2D eigenvalue weighted by Crippen LogP contribution is -2.16. The second-order valence-corrected chi connectivity index (χ2v) is 8.15. The van der Waals surface area contributed by atoms with Crippen LogP contribution in [0.15, 0.2) is 23.8 Å². The molecule has 0 aliphatic heterocycles. The van der Waals surface area contributed by atoms with Crippen LogP contribution < -0.4 is 5.32 Å². The molecule has 2 aromatic rings. The van der Waals surface area contributed by atoms with Gasteiger partial charge in [0.2, 0.25) is 0 Å². The second-order valence-electron chi connectivity index (χ2n) is 6.20. The van der Waals surface area contributed by atoms with Crippen LogP contribution in [0.5, 0.6) is 0 Å². The first-order valence-electron chi connectivity index (χ1n) is 8.55. The largest absolute Gasteiger partial charge is 0.465 e. The summed E-state index contributed by atoms with van der Waals surface area (Å²) in [4.78, 5) is 26.0. The molecule has 1 aliphatic carbocycles. The van der Waals surface area contributed by atoms with Crippen molar-refractivity contribution in [2.75, 3.05) is 12.4 Å². The van der Waals surface area contributed by atoms with Gasteiger partial charge in [0.1, 0.15) is 16.6 Å². The Bertz CT molecular complexity index is 1020. The predicted molar refractivity (Wildman–Crippen MR) is 111 cm³/mol. The minimum Gasteiger partial charge on any atom is -0.465 e. The number of anilines is 1. The summed E-state index contributed by atoms with van der Waals surface area (Å²) in [5, 5.41) is 13.3. The van der Waals surface area contributed by atoms with Gasteiger partial charge in [0.25, 0.3) is 5.91 Å². The summed E-state index contributed by atoms with van der Waals surface area (Å²) >= 11 is 13.4. The summed E-state index contributed by atoms with van der Waals surface area (Å²) in [7, 11) is 1.31. The number of carbonyl (C=O) groups excluding carboxylic acids is 2. The Hall–Kier alpha value is -2.33. The van der Waals surface area contributed by atoms with Gasteiger partial charge < -0.3 is 10.1 Å². The second kappa shape index (κ2) is 8.78. The van der Waals surface area contributed by atoms with E-state index in [1.165, 1.54) is 30.6 Å². The molecule has 1 amide bonds. The van der Waals surface area contributed by atoms with Crippen LogP contribution in [0.2, 0.25) is 10.0 Å². The monoisotopic (exact) mass is 434 g/mol. The van der Waals surface area contributed by atoms with Crippen molar-refractivity contribution in [3.63, 3.8) is 0 Å². The van der Waals surface area contributed by atoms with E-state index in [4.69, 9.17) is 27.9 Å². The SMILES string of the molecule is COC(=O)c1c(NC(=O)C(C#N)=Cc2ccc(Cl)cc2Cl)sc2c1CCCC2. The fourth-order valence-electron chi connectivity index (χ4n) is 3.07. The van der Waals surface area contributed by atoms with E-state index in [-0.39, 0.29) is 5.57 Å². The molecule has 1 aliphatic rings. The summed E-state index contributed by atoms with van der Waals surface area (Å²) in [6, 6.07) is 6.66. The highest BCUT2D eigenvalue weighted by Gasteiger charge is 2.27. The zero-order valence-corrected chi connectivity index (χ0v) is 17.3. The Kier molecular flexibility index (Phi) is 6.40. The molecule has 0 saturated heterocycles. The molecular weight excluding hydrogens is 419 g/mol. The highest BCUT2D eigenvalue weighted by molar-refractivity contribution is 7.17. The number of ether oxygens (including phenoxy) is 1. The van der Waals surface area contributed by atoms with Crippen LogP contribution in [0, 0.1) is 11.3 Å². The lowest BCUT2D eigenvalue weighted by molar-refractivity contribution is -0.112. The minimum absolute atomic E-state index is 0.133. The van der Waals surface area contributed by atoms with E-state index in [2.05, 4.69) is 5.32 Å². The highest BCUT2D eigenvalue weighted by atomic mass is 35.5. The van der Waals surface area contributed by atoms with Crippen LogP contribution >= 0.6 is 34.5 Å². The first kappa shape index (κ1) is 20.4. The number of hydrogen-bond donors (Lipinski definition) is 1. The zero-order chi connectivity index (χ0) is 20.3. The maximum atomic E-state index is 12.7. The molecule has 0 bridgehead atoms. The third-order valence-corrected chi connectivity index (χ3v) is 6.18. The van der Waals surface area contributed by atoms with Gasteiger partial charge in [0.15, 0.2) is 0 Å². The van der Waals surface area contributed by atoms with Crippen molar-refractivity contribution in [2.45, 2.75) is 25.7 Å². The average Bonchev–Trinajstić information content (AvgIpc) is 3.04. The van der Waals surface area contributed by atoms with Gasteiger partial charge in [-0.1, -0.05) is 29.3 Å². The van der Waals surface area contributed by atoms with E-state index in [1.807, 2.05) is 6.07 Å². The number of aryl methyl sites for hydroxylation is 1. The number of methoxy groups -OCH3 is 1. The molecule has 1 N–H and O–H groups in total. The lowest BCUT2D eigenvalue weighted by Gasteiger charge is -2.11. The van der Waals surface area contributed by atoms with Crippen LogP contribution in [0.3, 0.4) is 0 Å². The van der Waals surface area contributed by atoms with E-state index in [0.29, 0.717) is 26.2 Å². The first-order chi connectivity index (χ1) is 13.4. The van der Waals surface area contributed by atoms with Gasteiger partial charge in [-0.3, -0.25) is 4.79 Å². The van der Waals surface area contributed by atoms with Crippen LogP contribution in [0.4, 0.5) is 5.00 Å². The molecule has 1 heterocycles. The molecule has 0 saturated carbocycles. The summed E-state index contributed by atoms with van der Waals surface area (Å²) in [5.74, 6) is -1.10. The molecule has 0 fully saturated rings. The fourth-order valence-corrected chi connectivity index (χ4v) is 4.80. The lowest BCUT2D eigenvalue weighted by atomic mass is 9.95. The van der Waals surface area contributed by atoms with E-state index in [9.17, 15) is 14.9 Å². The molecule has 3 rings (SSSR count). The van der Waals surface area contributed by atoms with Crippen molar-refractivity contribution in [1.29, 1.82) is 5.26 Å². The van der Waals surface area contributed by atoms with E-state index < -0.39 is 11.9 Å². The Morgan fingerprint density at radius 3 is 2.71 bits per heavy atom. The van der Waals surface area contributed by atoms with Crippen molar-refractivity contribution in [3.05, 3.63) is 55.4 Å². The Morgan fingerprint density at radius 2 is 2.04 bits per heavy atom. The van der Waals surface area contributed by atoms with E-state index in [1.54, 1.807) is 12.1 Å². The van der Waals surface area contributed by atoms with Gasteiger partial charge in [0.05, 0.1) is 12.7 Å². The Morgan fingerprint density at radius 1 is 1.29 bits per heavy atom. The van der Waals surface area contributed by atoms with Crippen LogP contribution in [0.1, 0.15) is 39.2 Å². The van der Waals surface area contributed by atoms with Crippen molar-refractivity contribution in [3.8, 4) is 6.07 Å². The van der Waals surface area contributed by atoms with Gasteiger partial charge in [-0.15, -0.1) is 11.3 Å². The summed E-state index contributed by atoms with van der Waals surface area (Å²) in [5.41, 5.74) is 1.68. The number of nitrogens with one attached hydrogen (secondary N) is 1. The van der Waals surface area contributed by atoms with Crippen molar-refractivity contribution in [1.82, 2.24) is 0 Å². The van der Waals surface area contributed by atoms with Gasteiger partial charge >= 0.3 is 5.97 Å². The Labute approximate surface area is 176 Å². The summed E-state index contributed by atoms with van der Waals surface area (Å²) < 4.78 is 4.90.